The molecule has 3 nitrogen and oxygen atoms in total. The number of hydrogen-bond acceptors (Lipinski definition) is 3. The molecule has 1 saturated carbocycles. The summed E-state index contributed by atoms with van der Waals surface area (Å²) in [5.41, 5.74) is 0.976. The van der Waals surface area contributed by atoms with Crippen molar-refractivity contribution in [3.8, 4) is 0 Å². The first kappa shape index (κ1) is 16.2. The zero-order valence-corrected chi connectivity index (χ0v) is 13.5. The van der Waals surface area contributed by atoms with Crippen molar-refractivity contribution in [2.45, 2.75) is 59.0 Å². The molecule has 118 valence electrons. The Bertz CT molecular complexity index is 442. The Morgan fingerprint density at radius 3 is 2.71 bits per heavy atom. The second-order valence-electron chi connectivity index (χ2n) is 6.39. The average Bonchev–Trinajstić information content (AvgIpc) is 2.95. The van der Waals surface area contributed by atoms with Gasteiger partial charge in [-0.3, -0.25) is 0 Å². The van der Waals surface area contributed by atoms with Gasteiger partial charge >= 0.3 is 0 Å². The van der Waals surface area contributed by atoms with Crippen LogP contribution in [-0.2, 0) is 6.54 Å². The molecule has 0 saturated heterocycles. The molecule has 1 N–H and O–H groups in total. The molecule has 0 unspecified atom stereocenters. The van der Waals surface area contributed by atoms with Gasteiger partial charge in [-0.25, -0.2) is 9.37 Å². The van der Waals surface area contributed by atoms with Crippen LogP contribution in [0.3, 0.4) is 0 Å². The normalized spacial score (nSPS) is 15.9. The summed E-state index contributed by atoms with van der Waals surface area (Å²) in [6.07, 6.45) is 6.39. The molecule has 1 aromatic heterocycles. The minimum Gasteiger partial charge on any atom is -0.354 e. The first-order valence-electron chi connectivity index (χ1n) is 8.23. The van der Waals surface area contributed by atoms with Gasteiger partial charge in [-0.05, 0) is 38.3 Å². The van der Waals surface area contributed by atoms with Gasteiger partial charge < -0.3 is 10.2 Å². The highest BCUT2D eigenvalue weighted by Gasteiger charge is 2.24. The van der Waals surface area contributed by atoms with Crippen molar-refractivity contribution in [2.75, 3.05) is 18.0 Å². The predicted octanol–water partition coefficient (Wildman–Crippen LogP) is 3.74. The summed E-state index contributed by atoms with van der Waals surface area (Å²) < 4.78 is 13.6. The predicted molar refractivity (Wildman–Crippen MR) is 86.0 cm³/mol. The van der Waals surface area contributed by atoms with Crippen molar-refractivity contribution in [3.63, 3.8) is 0 Å². The molecule has 21 heavy (non-hydrogen) atoms. The minimum absolute atomic E-state index is 0.248. The molecule has 1 fully saturated rings. The molecular weight excluding hydrogens is 265 g/mol. The van der Waals surface area contributed by atoms with Gasteiger partial charge in [0.25, 0.3) is 0 Å². The molecule has 0 amide bonds. The molecule has 1 aliphatic carbocycles. The summed E-state index contributed by atoms with van der Waals surface area (Å²) in [4.78, 5) is 6.76. The summed E-state index contributed by atoms with van der Waals surface area (Å²) >= 11 is 0. The molecule has 1 heterocycles. The van der Waals surface area contributed by atoms with Crippen LogP contribution in [0.5, 0.6) is 0 Å². The van der Waals surface area contributed by atoms with Crippen LogP contribution in [0.4, 0.5) is 10.2 Å². The molecular formula is C17H28FN3. The van der Waals surface area contributed by atoms with Crippen LogP contribution in [0.25, 0.3) is 0 Å². The Labute approximate surface area is 127 Å². The maximum absolute atomic E-state index is 13.6. The second-order valence-corrected chi connectivity index (χ2v) is 6.39. The van der Waals surface area contributed by atoms with Crippen molar-refractivity contribution >= 4 is 5.82 Å². The average molecular weight is 293 g/mol. The monoisotopic (exact) mass is 293 g/mol. The van der Waals surface area contributed by atoms with E-state index in [0.717, 1.165) is 24.5 Å². The van der Waals surface area contributed by atoms with Crippen molar-refractivity contribution in [1.29, 1.82) is 0 Å². The molecule has 2 rings (SSSR count). The molecule has 0 aromatic carbocycles. The van der Waals surface area contributed by atoms with Crippen molar-refractivity contribution in [3.05, 3.63) is 23.6 Å². The Hall–Kier alpha value is -1.16. The Morgan fingerprint density at radius 1 is 1.38 bits per heavy atom. The lowest BCUT2D eigenvalue weighted by atomic mass is 10.1. The van der Waals surface area contributed by atoms with E-state index >= 15 is 0 Å². The number of aromatic nitrogens is 1. The maximum Gasteiger partial charge on any atom is 0.141 e. The van der Waals surface area contributed by atoms with E-state index in [0.29, 0.717) is 18.5 Å². The van der Waals surface area contributed by atoms with E-state index < -0.39 is 0 Å². The van der Waals surface area contributed by atoms with Crippen LogP contribution in [0, 0.1) is 11.7 Å². The summed E-state index contributed by atoms with van der Waals surface area (Å²) in [6, 6.07) is 2.20. The third-order valence-electron chi connectivity index (χ3n) is 4.16. The van der Waals surface area contributed by atoms with Crippen LogP contribution < -0.4 is 10.2 Å². The van der Waals surface area contributed by atoms with E-state index in [1.165, 1.54) is 31.9 Å². The quantitative estimate of drug-likeness (QED) is 0.830. The molecule has 1 aliphatic rings. The fourth-order valence-corrected chi connectivity index (χ4v) is 3.16. The van der Waals surface area contributed by atoms with E-state index in [1.54, 1.807) is 6.07 Å². The maximum atomic E-state index is 13.6. The van der Waals surface area contributed by atoms with Crippen molar-refractivity contribution < 1.29 is 4.39 Å². The highest BCUT2D eigenvalue weighted by atomic mass is 19.1. The Kier molecular flexibility index (Phi) is 5.97. The topological polar surface area (TPSA) is 28.2 Å². The molecule has 4 heteroatoms. The van der Waals surface area contributed by atoms with E-state index in [1.807, 2.05) is 0 Å². The Balaban J connectivity index is 2.15. The zero-order chi connectivity index (χ0) is 15.2. The SMILES string of the molecule is CCN(c1ncc(F)cc1CNCC(C)C)C1CCCC1. The van der Waals surface area contributed by atoms with Crippen LogP contribution >= 0.6 is 0 Å². The summed E-state index contributed by atoms with van der Waals surface area (Å²) in [7, 11) is 0. The van der Waals surface area contributed by atoms with Gasteiger partial charge in [0.05, 0.1) is 6.20 Å². The van der Waals surface area contributed by atoms with E-state index in [2.05, 4.69) is 36.0 Å². The summed E-state index contributed by atoms with van der Waals surface area (Å²) in [5.74, 6) is 1.30. The van der Waals surface area contributed by atoms with Gasteiger partial charge in [-0.1, -0.05) is 26.7 Å². The first-order valence-corrected chi connectivity index (χ1v) is 8.23. The lowest BCUT2D eigenvalue weighted by molar-refractivity contribution is 0.544. The largest absolute Gasteiger partial charge is 0.354 e. The van der Waals surface area contributed by atoms with Crippen molar-refractivity contribution in [1.82, 2.24) is 10.3 Å². The van der Waals surface area contributed by atoms with Crippen LogP contribution in [-0.4, -0.2) is 24.1 Å². The van der Waals surface area contributed by atoms with Crippen LogP contribution in [0.1, 0.15) is 52.0 Å². The first-order chi connectivity index (χ1) is 10.1. The number of anilines is 1. The number of nitrogens with one attached hydrogen (secondary N) is 1. The van der Waals surface area contributed by atoms with Crippen molar-refractivity contribution in [2.24, 2.45) is 5.92 Å². The molecule has 1 aromatic rings. The molecule has 0 radical (unpaired) electrons. The molecule has 0 spiro atoms. The number of pyridine rings is 1. The van der Waals surface area contributed by atoms with Gasteiger partial charge in [-0.15, -0.1) is 0 Å². The van der Waals surface area contributed by atoms with Gasteiger partial charge in [0.1, 0.15) is 11.6 Å². The van der Waals surface area contributed by atoms with Gasteiger partial charge in [0.2, 0.25) is 0 Å². The van der Waals surface area contributed by atoms with E-state index in [9.17, 15) is 4.39 Å². The van der Waals surface area contributed by atoms with E-state index in [-0.39, 0.29) is 5.82 Å². The molecule has 0 bridgehead atoms. The third-order valence-corrected chi connectivity index (χ3v) is 4.16. The smallest absolute Gasteiger partial charge is 0.141 e. The molecule has 0 atom stereocenters. The van der Waals surface area contributed by atoms with Gasteiger partial charge in [-0.2, -0.15) is 0 Å². The minimum atomic E-state index is -0.248. The fourth-order valence-electron chi connectivity index (χ4n) is 3.16. The second kappa shape index (κ2) is 7.74. The van der Waals surface area contributed by atoms with Gasteiger partial charge in [0, 0.05) is 24.7 Å². The molecule has 0 aliphatic heterocycles. The van der Waals surface area contributed by atoms with Crippen LogP contribution in [0.2, 0.25) is 0 Å². The highest BCUT2D eigenvalue weighted by Crippen LogP contribution is 2.29. The van der Waals surface area contributed by atoms with E-state index in [4.69, 9.17) is 0 Å². The number of halogens is 1. The highest BCUT2D eigenvalue weighted by molar-refractivity contribution is 5.48. The zero-order valence-electron chi connectivity index (χ0n) is 13.5. The number of rotatable bonds is 7. The number of hydrogen-bond donors (Lipinski definition) is 1. The standard InChI is InChI=1S/C17H28FN3/c1-4-21(16-7-5-6-8-16)17-14(9-15(18)12-20-17)11-19-10-13(2)3/h9,12-13,16,19H,4-8,10-11H2,1-3H3. The van der Waals surface area contributed by atoms with Crippen LogP contribution in [0.15, 0.2) is 12.3 Å². The summed E-state index contributed by atoms with van der Waals surface area (Å²) in [6.45, 7) is 9.06. The fraction of sp³-hybridized carbons (Fsp3) is 0.706. The summed E-state index contributed by atoms with van der Waals surface area (Å²) in [5, 5.41) is 3.40. The Morgan fingerprint density at radius 2 is 2.10 bits per heavy atom. The third kappa shape index (κ3) is 4.40. The number of nitrogens with zero attached hydrogens (tertiary/aromatic N) is 2. The lowest BCUT2D eigenvalue weighted by Crippen LogP contribution is -2.35. The van der Waals surface area contributed by atoms with Gasteiger partial charge in [0.15, 0.2) is 0 Å². The lowest BCUT2D eigenvalue weighted by Gasteiger charge is -2.30.